The van der Waals surface area contributed by atoms with E-state index in [2.05, 4.69) is 27.7 Å². The minimum Gasteiger partial charge on any atom is -0.346 e. The Bertz CT molecular complexity index is 1170. The number of rotatable bonds is 6. The number of alkyl halides is 2. The molecule has 0 aromatic carbocycles. The smallest absolute Gasteiger partial charge is 0.187 e. The third kappa shape index (κ3) is 2.37. The van der Waals surface area contributed by atoms with Gasteiger partial charge in [-0.1, -0.05) is 0 Å². The zero-order chi connectivity index (χ0) is 28.4. The lowest BCUT2D eigenvalue weighted by Gasteiger charge is -2.74. The molecule has 11 rings (SSSR count). The van der Waals surface area contributed by atoms with Crippen molar-refractivity contribution in [2.24, 2.45) is 69.0 Å². The molecule has 6 nitrogen and oxygen atoms in total. The molecule has 232 valence electrons. The van der Waals surface area contributed by atoms with Gasteiger partial charge in [0.25, 0.3) is 0 Å². The molecule has 0 N–H and O–H groups in total. The average molecular weight is 622 g/mol. The maximum atomic E-state index is 6.87. The third-order valence-electron chi connectivity index (χ3n) is 16.0. The van der Waals surface area contributed by atoms with Crippen LogP contribution in [0.4, 0.5) is 0 Å². The quantitative estimate of drug-likeness (QED) is 0.324. The summed E-state index contributed by atoms with van der Waals surface area (Å²) in [6, 6.07) is 0. The Balaban J connectivity index is 1.06. The largest absolute Gasteiger partial charge is 0.346 e. The third-order valence-corrected chi connectivity index (χ3v) is 16.6. The van der Waals surface area contributed by atoms with E-state index >= 15 is 0 Å². The number of hydrogen-bond acceptors (Lipinski definition) is 6. The van der Waals surface area contributed by atoms with Gasteiger partial charge in [0.05, 0.1) is 12.2 Å². The SMILES string of the molecule is CC1(C)O[C@H]2O[C@@H]3CC45[C@H](CC6C(CCCCl)C64C46C(CCCCl)C4C[C@@H]4[C@H]7[C@H]8OC(C)(C)O[C@H]8O[C@@H]7CC465)[C@H]3[C@H]2O1. The zero-order valence-corrected chi connectivity index (χ0v) is 26.9. The van der Waals surface area contributed by atoms with Gasteiger partial charge < -0.3 is 28.4 Å². The van der Waals surface area contributed by atoms with Crippen LogP contribution in [-0.4, -0.2) is 60.3 Å². The van der Waals surface area contributed by atoms with Gasteiger partial charge in [-0.25, -0.2) is 0 Å². The van der Waals surface area contributed by atoms with Crippen LogP contribution in [0.2, 0.25) is 0 Å². The summed E-state index contributed by atoms with van der Waals surface area (Å²) in [6.07, 6.45) is 10.2. The lowest BCUT2D eigenvalue weighted by atomic mass is 9.29. The normalized spacial score (nSPS) is 66.7. The number of hydrogen-bond donors (Lipinski definition) is 0. The molecule has 0 amide bonds. The summed E-state index contributed by atoms with van der Waals surface area (Å²) in [7, 11) is 0. The van der Waals surface area contributed by atoms with Crippen molar-refractivity contribution in [3.63, 3.8) is 0 Å². The predicted octanol–water partition coefficient (Wildman–Crippen LogP) is 6.31. The first kappa shape index (κ1) is 26.4. The second kappa shape index (κ2) is 7.56. The minimum absolute atomic E-state index is 0.0639. The van der Waals surface area contributed by atoms with Gasteiger partial charge in [0.2, 0.25) is 0 Å². The second-order valence-corrected chi connectivity index (χ2v) is 18.1. The zero-order valence-electron chi connectivity index (χ0n) is 25.4. The molecule has 7 saturated carbocycles. The molecule has 11 fully saturated rings. The van der Waals surface area contributed by atoms with Gasteiger partial charge in [-0.2, -0.15) is 0 Å². The topological polar surface area (TPSA) is 55.4 Å². The van der Waals surface area contributed by atoms with Crippen LogP contribution in [0.3, 0.4) is 0 Å². The highest BCUT2D eigenvalue weighted by atomic mass is 35.5. The number of fused-ring (bicyclic) bond motifs is 8. The van der Waals surface area contributed by atoms with Gasteiger partial charge in [-0.15, -0.1) is 23.2 Å². The Morgan fingerprint density at radius 3 is 1.43 bits per heavy atom. The lowest BCUT2D eigenvalue weighted by molar-refractivity contribution is -0.292. The van der Waals surface area contributed by atoms with Crippen LogP contribution >= 0.6 is 23.2 Å². The van der Waals surface area contributed by atoms with Crippen molar-refractivity contribution >= 4 is 23.2 Å². The fraction of sp³-hybridized carbons (Fsp3) is 1.00. The van der Waals surface area contributed by atoms with Crippen LogP contribution in [0.1, 0.15) is 79.1 Å². The molecule has 11 aliphatic rings. The second-order valence-electron chi connectivity index (χ2n) is 17.3. The molecule has 0 bridgehead atoms. The first-order valence-corrected chi connectivity index (χ1v) is 18.3. The van der Waals surface area contributed by atoms with E-state index in [1.807, 2.05) is 0 Å². The monoisotopic (exact) mass is 620 g/mol. The maximum Gasteiger partial charge on any atom is 0.187 e. The molecular weight excluding hydrogens is 575 g/mol. The van der Waals surface area contributed by atoms with E-state index in [0.29, 0.717) is 45.3 Å². The van der Waals surface area contributed by atoms with Crippen molar-refractivity contribution in [1.29, 1.82) is 0 Å². The minimum atomic E-state index is -0.568. The summed E-state index contributed by atoms with van der Waals surface area (Å²) >= 11 is 12.8. The molecule has 18 atom stereocenters. The first-order valence-electron chi connectivity index (χ1n) is 17.3. The van der Waals surface area contributed by atoms with Crippen molar-refractivity contribution in [1.82, 2.24) is 0 Å². The van der Waals surface area contributed by atoms with E-state index < -0.39 is 11.6 Å². The van der Waals surface area contributed by atoms with E-state index in [1.54, 1.807) is 0 Å². The summed E-state index contributed by atoms with van der Waals surface area (Å²) in [4.78, 5) is 0. The summed E-state index contributed by atoms with van der Waals surface area (Å²) in [6.45, 7) is 8.23. The summed E-state index contributed by atoms with van der Waals surface area (Å²) in [5.41, 5.74) is 1.53. The van der Waals surface area contributed by atoms with Crippen molar-refractivity contribution in [3.8, 4) is 0 Å². The van der Waals surface area contributed by atoms with Crippen LogP contribution in [-0.2, 0) is 28.4 Å². The average Bonchev–Trinajstić information content (AvgIpc) is 3.25. The Morgan fingerprint density at radius 2 is 1.02 bits per heavy atom. The Hall–Kier alpha value is 0.340. The number of ether oxygens (including phenoxy) is 6. The summed E-state index contributed by atoms with van der Waals surface area (Å²) < 4.78 is 39.7. The van der Waals surface area contributed by atoms with Crippen molar-refractivity contribution in [3.05, 3.63) is 0 Å². The van der Waals surface area contributed by atoms with E-state index in [4.69, 9.17) is 51.6 Å². The fourth-order valence-electron chi connectivity index (χ4n) is 16.6. The van der Waals surface area contributed by atoms with E-state index in [9.17, 15) is 0 Å². The molecule has 0 aromatic heterocycles. The van der Waals surface area contributed by atoms with Crippen LogP contribution in [0.25, 0.3) is 0 Å². The molecule has 4 aliphatic heterocycles. The van der Waals surface area contributed by atoms with Crippen LogP contribution in [0, 0.1) is 69.0 Å². The predicted molar refractivity (Wildman–Crippen MR) is 153 cm³/mol. The maximum absolute atomic E-state index is 6.87. The van der Waals surface area contributed by atoms with Crippen LogP contribution < -0.4 is 0 Å². The summed E-state index contributed by atoms with van der Waals surface area (Å²) in [5.74, 6) is 5.95. The molecule has 8 heteroatoms. The molecule has 7 aliphatic carbocycles. The van der Waals surface area contributed by atoms with Crippen LogP contribution in [0.15, 0.2) is 0 Å². The van der Waals surface area contributed by atoms with Gasteiger partial charge in [0, 0.05) is 23.6 Å². The number of halogens is 2. The highest BCUT2D eigenvalue weighted by Gasteiger charge is 3.10. The van der Waals surface area contributed by atoms with Gasteiger partial charge in [-0.3, -0.25) is 0 Å². The molecule has 4 saturated heterocycles. The lowest BCUT2D eigenvalue weighted by Crippen LogP contribution is -2.71. The van der Waals surface area contributed by atoms with E-state index in [-0.39, 0.29) is 37.0 Å². The highest BCUT2D eigenvalue weighted by Crippen LogP contribution is 3.13. The Kier molecular flexibility index (Phi) is 4.75. The van der Waals surface area contributed by atoms with Crippen molar-refractivity contribution in [2.45, 2.75) is 128 Å². The van der Waals surface area contributed by atoms with Gasteiger partial charge in [-0.05, 0) is 136 Å². The van der Waals surface area contributed by atoms with E-state index in [1.165, 1.54) is 38.5 Å². The van der Waals surface area contributed by atoms with Crippen molar-refractivity contribution < 1.29 is 28.4 Å². The first-order chi connectivity index (χ1) is 20.1. The standard InChI is InChI=1S/C34H46Cl2O6/c1-29(2)39-25-23-19-11-17-15(7-5-9-35)33(17)31(19,13-21(23)37-27(25)41-29)32-14-22-24(26-28(38-22)42-30(3,4)40-26)20(32)12-18-16(8-6-10-36)34(18,32)33/h15-28H,5-14H2,1-4H3/t15?,16?,17?,18?,19-,20-,21-,22-,23-,24-,25-,26-,27-,28-,31?,32?,33?,34?/m1/s1. The molecule has 0 aromatic rings. The van der Waals surface area contributed by atoms with Crippen LogP contribution in [0.5, 0.6) is 0 Å². The molecular formula is C34H46Cl2O6. The van der Waals surface area contributed by atoms with E-state index in [0.717, 1.165) is 48.3 Å². The molecule has 4 heterocycles. The summed E-state index contributed by atoms with van der Waals surface area (Å²) in [5, 5.41) is 0. The van der Waals surface area contributed by atoms with Gasteiger partial charge in [0.15, 0.2) is 24.2 Å². The molecule has 4 spiro atoms. The Morgan fingerprint density at radius 1 is 0.595 bits per heavy atom. The molecule has 42 heavy (non-hydrogen) atoms. The van der Waals surface area contributed by atoms with Gasteiger partial charge in [0.1, 0.15) is 12.2 Å². The van der Waals surface area contributed by atoms with Gasteiger partial charge >= 0.3 is 0 Å². The molecule has 0 radical (unpaired) electrons. The Labute approximate surface area is 259 Å². The fourth-order valence-corrected chi connectivity index (χ4v) is 16.9. The highest BCUT2D eigenvalue weighted by molar-refractivity contribution is 6.18. The van der Waals surface area contributed by atoms with Crippen molar-refractivity contribution in [2.75, 3.05) is 11.8 Å². The molecule has 8 unspecified atom stereocenters.